The van der Waals surface area contributed by atoms with Crippen molar-refractivity contribution in [1.29, 1.82) is 0 Å². The predicted octanol–water partition coefficient (Wildman–Crippen LogP) is 6.46. The van der Waals surface area contributed by atoms with Crippen LogP contribution in [-0.2, 0) is 0 Å². The molecule has 0 radical (unpaired) electrons. The lowest BCUT2D eigenvalue weighted by molar-refractivity contribution is 0.528. The van der Waals surface area contributed by atoms with E-state index < -0.39 is 0 Å². The molecule has 2 aromatic carbocycles. The van der Waals surface area contributed by atoms with Crippen molar-refractivity contribution in [2.45, 2.75) is 39.7 Å². The van der Waals surface area contributed by atoms with Crippen LogP contribution in [0.2, 0.25) is 0 Å². The van der Waals surface area contributed by atoms with Gasteiger partial charge in [-0.3, -0.25) is 0 Å². The summed E-state index contributed by atoms with van der Waals surface area (Å²) in [7, 11) is 0. The largest absolute Gasteiger partial charge is 0.379 e. The summed E-state index contributed by atoms with van der Waals surface area (Å²) in [5.74, 6) is 0.595. The minimum atomic E-state index is 0.0344. The van der Waals surface area contributed by atoms with Crippen molar-refractivity contribution in [2.24, 2.45) is 16.3 Å². The highest BCUT2D eigenvalue weighted by Crippen LogP contribution is 2.42. The molecule has 132 valence electrons. The summed E-state index contributed by atoms with van der Waals surface area (Å²) in [4.78, 5) is 22.4. The molecular formula is C19H24N4O2. The van der Waals surface area contributed by atoms with Gasteiger partial charge < -0.3 is 10.6 Å². The number of rotatable bonds is 9. The second-order valence-electron chi connectivity index (χ2n) is 6.55. The van der Waals surface area contributed by atoms with Crippen LogP contribution in [0.1, 0.15) is 33.6 Å². The fourth-order valence-corrected chi connectivity index (χ4v) is 2.58. The summed E-state index contributed by atoms with van der Waals surface area (Å²) in [5, 5.41) is 12.6. The summed E-state index contributed by atoms with van der Waals surface area (Å²) in [6.45, 7) is 6.39. The van der Waals surface area contributed by atoms with Gasteiger partial charge in [-0.1, -0.05) is 32.0 Å². The molecule has 0 aromatic heterocycles. The van der Waals surface area contributed by atoms with Gasteiger partial charge in [0.05, 0.1) is 11.4 Å². The second kappa shape index (κ2) is 8.92. The standard InChI is InChI=1S/C19H24N4O2/c1-13(2)9-10-14(3)20-18-16(21-15-7-5-4-6-8-15)11-12-17(22-24)19(18)23-25/h4-8,11-14,20-21H,9-10H2,1-3H3. The van der Waals surface area contributed by atoms with Gasteiger partial charge in [-0.15, -0.1) is 9.81 Å². The Balaban J connectivity index is 2.34. The molecule has 25 heavy (non-hydrogen) atoms. The predicted molar refractivity (Wildman–Crippen MR) is 104 cm³/mol. The number of hydrogen-bond acceptors (Lipinski definition) is 6. The van der Waals surface area contributed by atoms with Crippen LogP contribution in [0.4, 0.5) is 28.4 Å². The Morgan fingerprint density at radius 2 is 1.64 bits per heavy atom. The molecule has 2 aromatic rings. The van der Waals surface area contributed by atoms with Crippen LogP contribution in [0.15, 0.2) is 52.8 Å². The highest BCUT2D eigenvalue weighted by molar-refractivity contribution is 5.90. The first-order chi connectivity index (χ1) is 12.0. The molecule has 0 bridgehead atoms. The van der Waals surface area contributed by atoms with E-state index in [2.05, 4.69) is 34.8 Å². The molecule has 0 aliphatic carbocycles. The van der Waals surface area contributed by atoms with E-state index in [1.54, 1.807) is 6.07 Å². The van der Waals surface area contributed by atoms with E-state index in [1.807, 2.05) is 37.3 Å². The summed E-state index contributed by atoms with van der Waals surface area (Å²) in [6, 6.07) is 13.0. The van der Waals surface area contributed by atoms with E-state index in [9.17, 15) is 9.81 Å². The van der Waals surface area contributed by atoms with Crippen molar-refractivity contribution in [1.82, 2.24) is 0 Å². The molecule has 2 rings (SSSR count). The van der Waals surface area contributed by atoms with Gasteiger partial charge in [0.25, 0.3) is 0 Å². The molecule has 0 spiro atoms. The third kappa shape index (κ3) is 5.11. The molecule has 0 aliphatic heterocycles. The van der Waals surface area contributed by atoms with Crippen molar-refractivity contribution in [3.05, 3.63) is 52.3 Å². The molecule has 1 unspecified atom stereocenters. The SMILES string of the molecule is CC(C)CCC(C)Nc1c(Nc2ccccc2)ccc(N=O)c1N=O. The van der Waals surface area contributed by atoms with E-state index in [4.69, 9.17) is 0 Å². The molecule has 6 heteroatoms. The van der Waals surface area contributed by atoms with Gasteiger partial charge in [0.2, 0.25) is 0 Å². The Morgan fingerprint density at radius 1 is 0.920 bits per heavy atom. The van der Waals surface area contributed by atoms with Gasteiger partial charge in [-0.05, 0) is 60.3 Å². The summed E-state index contributed by atoms with van der Waals surface area (Å²) >= 11 is 0. The highest BCUT2D eigenvalue weighted by Gasteiger charge is 2.17. The van der Waals surface area contributed by atoms with Crippen molar-refractivity contribution in [3.63, 3.8) is 0 Å². The molecule has 1 atom stereocenters. The normalized spacial score (nSPS) is 11.8. The minimum Gasteiger partial charge on any atom is -0.379 e. The monoisotopic (exact) mass is 340 g/mol. The first-order valence-corrected chi connectivity index (χ1v) is 8.47. The number of benzene rings is 2. The zero-order chi connectivity index (χ0) is 18.2. The maximum atomic E-state index is 11.3. The van der Waals surface area contributed by atoms with Crippen LogP contribution in [-0.4, -0.2) is 6.04 Å². The van der Waals surface area contributed by atoms with Gasteiger partial charge in [-0.25, -0.2) is 0 Å². The average Bonchev–Trinajstić information content (AvgIpc) is 2.62. The molecular weight excluding hydrogens is 316 g/mol. The fraction of sp³-hybridized carbons (Fsp3) is 0.368. The fourth-order valence-electron chi connectivity index (χ4n) is 2.58. The van der Waals surface area contributed by atoms with Crippen LogP contribution in [0, 0.1) is 15.7 Å². The maximum Gasteiger partial charge on any atom is 0.162 e. The number of nitrogens with one attached hydrogen (secondary N) is 2. The van der Waals surface area contributed by atoms with E-state index in [-0.39, 0.29) is 17.4 Å². The molecule has 2 N–H and O–H groups in total. The van der Waals surface area contributed by atoms with Gasteiger partial charge in [-0.2, -0.15) is 0 Å². The zero-order valence-corrected chi connectivity index (χ0v) is 14.8. The van der Waals surface area contributed by atoms with Crippen LogP contribution in [0.5, 0.6) is 0 Å². The first-order valence-electron chi connectivity index (χ1n) is 8.47. The second-order valence-corrected chi connectivity index (χ2v) is 6.55. The minimum absolute atomic E-state index is 0.0344. The van der Waals surface area contributed by atoms with Crippen molar-refractivity contribution in [3.8, 4) is 0 Å². The smallest absolute Gasteiger partial charge is 0.162 e. The van der Waals surface area contributed by atoms with Crippen LogP contribution in [0.3, 0.4) is 0 Å². The molecule has 0 saturated heterocycles. The molecule has 0 heterocycles. The van der Waals surface area contributed by atoms with Gasteiger partial charge in [0.15, 0.2) is 5.69 Å². The van der Waals surface area contributed by atoms with Crippen molar-refractivity contribution in [2.75, 3.05) is 10.6 Å². The van der Waals surface area contributed by atoms with Crippen LogP contribution < -0.4 is 10.6 Å². The third-order valence-corrected chi connectivity index (χ3v) is 3.97. The number of hydrogen-bond donors (Lipinski definition) is 2. The van der Waals surface area contributed by atoms with Crippen LogP contribution in [0.25, 0.3) is 0 Å². The third-order valence-electron chi connectivity index (χ3n) is 3.97. The number of nitroso groups, excluding NO2 is 2. The lowest BCUT2D eigenvalue weighted by Gasteiger charge is -2.21. The average molecular weight is 340 g/mol. The molecule has 0 amide bonds. The quantitative estimate of drug-likeness (QED) is 0.513. The Morgan fingerprint density at radius 3 is 2.24 bits per heavy atom. The Bertz CT molecular complexity index is 717. The Labute approximate surface area is 148 Å². The Hall–Kier alpha value is -2.76. The van der Waals surface area contributed by atoms with E-state index in [1.165, 1.54) is 6.07 Å². The summed E-state index contributed by atoms with van der Waals surface area (Å²) < 4.78 is 0. The topological polar surface area (TPSA) is 82.9 Å². The lowest BCUT2D eigenvalue weighted by atomic mass is 10.0. The van der Waals surface area contributed by atoms with Crippen molar-refractivity contribution < 1.29 is 0 Å². The molecule has 0 saturated carbocycles. The number of para-hydroxylation sites is 1. The molecule has 0 aliphatic rings. The summed E-state index contributed by atoms with van der Waals surface area (Å²) in [5.41, 5.74) is 2.14. The van der Waals surface area contributed by atoms with E-state index in [0.29, 0.717) is 17.3 Å². The highest BCUT2D eigenvalue weighted by atomic mass is 16.3. The number of anilines is 3. The van der Waals surface area contributed by atoms with Gasteiger partial charge in [0, 0.05) is 11.7 Å². The van der Waals surface area contributed by atoms with E-state index in [0.717, 1.165) is 18.5 Å². The first kappa shape index (κ1) is 18.6. The van der Waals surface area contributed by atoms with Gasteiger partial charge in [0.1, 0.15) is 5.69 Å². The van der Waals surface area contributed by atoms with E-state index >= 15 is 0 Å². The van der Waals surface area contributed by atoms with Crippen LogP contribution >= 0.6 is 0 Å². The molecule has 0 fully saturated rings. The zero-order valence-electron chi connectivity index (χ0n) is 14.8. The van der Waals surface area contributed by atoms with Crippen molar-refractivity contribution >= 4 is 28.4 Å². The molecule has 6 nitrogen and oxygen atoms in total. The lowest BCUT2D eigenvalue weighted by Crippen LogP contribution is -2.17. The maximum absolute atomic E-state index is 11.3. The summed E-state index contributed by atoms with van der Waals surface area (Å²) in [6.07, 6.45) is 2.00. The number of nitrogens with zero attached hydrogens (tertiary/aromatic N) is 2. The Kier molecular flexibility index (Phi) is 6.62. The van der Waals surface area contributed by atoms with Gasteiger partial charge >= 0.3 is 0 Å².